The Hall–Kier alpha value is -5.87. The lowest BCUT2D eigenvalue weighted by Gasteiger charge is -2.40. The molecule has 268 valence electrons. The first-order chi connectivity index (χ1) is 25.0. The van der Waals surface area contributed by atoms with Crippen molar-refractivity contribution in [1.29, 1.82) is 10.5 Å². The maximum absolute atomic E-state index is 12.9. The van der Waals surface area contributed by atoms with E-state index >= 15 is 0 Å². The third kappa shape index (κ3) is 9.07. The highest BCUT2D eigenvalue weighted by molar-refractivity contribution is 5.76. The number of nitrogens with zero attached hydrogens (tertiary/aromatic N) is 8. The van der Waals surface area contributed by atoms with Gasteiger partial charge in [0.2, 0.25) is 23.7 Å². The van der Waals surface area contributed by atoms with Crippen LogP contribution in [-0.2, 0) is 19.0 Å². The van der Waals surface area contributed by atoms with E-state index in [0.29, 0.717) is 86.8 Å². The van der Waals surface area contributed by atoms with Crippen LogP contribution in [0, 0.1) is 22.7 Å². The Labute approximate surface area is 302 Å². The second kappa shape index (κ2) is 15.6. The summed E-state index contributed by atoms with van der Waals surface area (Å²) in [6.07, 6.45) is -0.362. The fourth-order valence-electron chi connectivity index (χ4n) is 5.95. The first-order valence-corrected chi connectivity index (χ1v) is 17.0. The van der Waals surface area contributed by atoms with E-state index in [9.17, 15) is 15.3 Å². The molecule has 2 aromatic heterocycles. The largest absolute Gasteiger partial charge is 0.378 e. The van der Waals surface area contributed by atoms with Crippen molar-refractivity contribution < 1.29 is 19.0 Å². The molecule has 0 spiro atoms. The molecule has 0 unspecified atom stereocenters. The fourth-order valence-corrected chi connectivity index (χ4v) is 5.95. The van der Waals surface area contributed by atoms with E-state index in [1.54, 1.807) is 24.3 Å². The minimum Gasteiger partial charge on any atom is -0.378 e. The van der Waals surface area contributed by atoms with Gasteiger partial charge in [-0.15, -0.1) is 0 Å². The lowest BCUT2D eigenvalue weighted by Crippen LogP contribution is -2.55. The minimum absolute atomic E-state index is 0.151. The maximum atomic E-state index is 12.9. The molecule has 2 aliphatic heterocycles. The van der Waals surface area contributed by atoms with Crippen molar-refractivity contribution in [3.05, 3.63) is 71.8 Å². The Morgan fingerprint density at radius 2 is 1.15 bits per heavy atom. The quantitative estimate of drug-likeness (QED) is 0.190. The number of amides is 1. The highest BCUT2D eigenvalue weighted by atomic mass is 16.6. The standard InChI is InChI=1S/C37H41N11O4/c1-36(2,3)52-37(22-31(40)49,45-34-41-29(27-8-4-25(23-38)5-9-27)20-32(43-34)47-12-16-50-17-13-47)46-35-42-30(28-10-6-26(24-39)7-11-28)21-33(44-35)48-14-18-51-19-15-48/h4-11,20-21H,12-19,22H2,1-3H3,(H2,40,49)(H,41,43,45)(H,42,44,46). The van der Waals surface area contributed by atoms with Gasteiger partial charge in [-0.3, -0.25) is 4.79 Å². The van der Waals surface area contributed by atoms with Crippen LogP contribution in [0.25, 0.3) is 22.5 Å². The maximum Gasteiger partial charge on any atom is 0.230 e. The molecule has 4 heterocycles. The zero-order valence-electron chi connectivity index (χ0n) is 29.4. The number of nitrogens with one attached hydrogen (secondary N) is 2. The third-order valence-electron chi connectivity index (χ3n) is 8.25. The van der Waals surface area contributed by atoms with Crippen LogP contribution >= 0.6 is 0 Å². The second-order valence-corrected chi connectivity index (χ2v) is 13.4. The van der Waals surface area contributed by atoms with Crippen molar-refractivity contribution in [1.82, 2.24) is 19.9 Å². The molecule has 15 heteroatoms. The van der Waals surface area contributed by atoms with E-state index in [-0.39, 0.29) is 18.3 Å². The van der Waals surface area contributed by atoms with Gasteiger partial charge in [0.25, 0.3) is 0 Å². The highest BCUT2D eigenvalue weighted by Crippen LogP contribution is 2.32. The van der Waals surface area contributed by atoms with E-state index in [2.05, 4.69) is 32.6 Å². The third-order valence-corrected chi connectivity index (χ3v) is 8.25. The number of carbonyl (C=O) groups excluding carboxylic acids is 1. The van der Waals surface area contributed by atoms with Crippen molar-refractivity contribution in [2.24, 2.45) is 5.73 Å². The van der Waals surface area contributed by atoms with Crippen molar-refractivity contribution in [3.63, 3.8) is 0 Å². The van der Waals surface area contributed by atoms with Gasteiger partial charge in [0.1, 0.15) is 11.6 Å². The van der Waals surface area contributed by atoms with E-state index in [1.165, 1.54) is 0 Å². The van der Waals surface area contributed by atoms with Gasteiger partial charge in [0, 0.05) is 49.4 Å². The lowest BCUT2D eigenvalue weighted by atomic mass is 10.1. The van der Waals surface area contributed by atoms with Gasteiger partial charge in [-0.1, -0.05) is 24.3 Å². The zero-order chi connectivity index (χ0) is 36.7. The smallest absolute Gasteiger partial charge is 0.230 e. The van der Waals surface area contributed by atoms with Gasteiger partial charge < -0.3 is 40.4 Å². The van der Waals surface area contributed by atoms with Crippen LogP contribution in [0.15, 0.2) is 60.7 Å². The summed E-state index contributed by atoms with van der Waals surface area (Å²) in [5.74, 6) is -0.829. The molecular formula is C37H41N11O4. The van der Waals surface area contributed by atoms with Crippen molar-refractivity contribution in [3.8, 4) is 34.7 Å². The number of carbonyl (C=O) groups is 1. The van der Waals surface area contributed by atoms with Gasteiger partial charge >= 0.3 is 0 Å². The number of aromatic nitrogens is 4. The Bertz CT molecular complexity index is 1830. The van der Waals surface area contributed by atoms with E-state index in [1.807, 2.05) is 57.2 Å². The molecule has 4 N–H and O–H groups in total. The number of hydrogen-bond donors (Lipinski definition) is 3. The lowest BCUT2D eigenvalue weighted by molar-refractivity contribution is -0.133. The average Bonchev–Trinajstić information content (AvgIpc) is 3.14. The molecule has 15 nitrogen and oxygen atoms in total. The summed E-state index contributed by atoms with van der Waals surface area (Å²) < 4.78 is 17.8. The molecular weight excluding hydrogens is 662 g/mol. The van der Waals surface area contributed by atoms with Crippen molar-refractivity contribution in [2.75, 3.05) is 73.0 Å². The van der Waals surface area contributed by atoms with Crippen LogP contribution in [0.1, 0.15) is 38.3 Å². The number of anilines is 4. The van der Waals surface area contributed by atoms with E-state index in [0.717, 1.165) is 11.1 Å². The molecule has 6 rings (SSSR count). The zero-order valence-corrected chi connectivity index (χ0v) is 29.4. The van der Waals surface area contributed by atoms with E-state index in [4.69, 9.17) is 39.9 Å². The molecule has 2 saturated heterocycles. The summed E-state index contributed by atoms with van der Waals surface area (Å²) in [4.78, 5) is 36.6. The Balaban J connectivity index is 1.46. The molecule has 2 aromatic carbocycles. The number of morpholine rings is 2. The summed E-state index contributed by atoms with van der Waals surface area (Å²) in [6.45, 7) is 10.2. The predicted octanol–water partition coefficient (Wildman–Crippen LogP) is 3.89. The van der Waals surface area contributed by atoms with Crippen molar-refractivity contribution >= 4 is 29.4 Å². The Kier molecular flexibility index (Phi) is 10.8. The Morgan fingerprint density at radius 3 is 1.50 bits per heavy atom. The molecule has 4 aromatic rings. The van der Waals surface area contributed by atoms with Gasteiger partial charge in [0.05, 0.1) is 73.1 Å². The fraction of sp³-hybridized carbons (Fsp3) is 0.378. The van der Waals surface area contributed by atoms with Crippen LogP contribution in [0.5, 0.6) is 0 Å². The van der Waals surface area contributed by atoms with Crippen LogP contribution in [-0.4, -0.2) is 89.9 Å². The predicted molar refractivity (Wildman–Crippen MR) is 195 cm³/mol. The molecule has 0 atom stereocenters. The van der Waals surface area contributed by atoms with Crippen LogP contribution in [0.3, 0.4) is 0 Å². The van der Waals surface area contributed by atoms with Crippen LogP contribution in [0.2, 0.25) is 0 Å². The van der Waals surface area contributed by atoms with Crippen molar-refractivity contribution in [2.45, 2.75) is 38.6 Å². The summed E-state index contributed by atoms with van der Waals surface area (Å²) in [7, 11) is 0. The average molecular weight is 704 g/mol. The summed E-state index contributed by atoms with van der Waals surface area (Å²) in [6, 6.07) is 22.3. The van der Waals surface area contributed by atoms with Crippen LogP contribution < -0.4 is 26.2 Å². The monoisotopic (exact) mass is 703 g/mol. The molecule has 2 aliphatic rings. The SMILES string of the molecule is CC(C)(C)OC(CC(N)=O)(Nc1nc(-c2ccc(C#N)cc2)cc(N2CCOCC2)n1)Nc1nc(-c2ccc(C#N)cc2)cc(N2CCOCC2)n1. The van der Waals surface area contributed by atoms with Gasteiger partial charge in [0.15, 0.2) is 0 Å². The second-order valence-electron chi connectivity index (χ2n) is 13.4. The normalized spacial score (nSPS) is 15.0. The number of primary amides is 1. The number of benzene rings is 2. The molecule has 0 radical (unpaired) electrons. The first-order valence-electron chi connectivity index (χ1n) is 17.0. The highest BCUT2D eigenvalue weighted by Gasteiger charge is 2.40. The van der Waals surface area contributed by atoms with E-state index < -0.39 is 17.4 Å². The molecule has 0 saturated carbocycles. The summed E-state index contributed by atoms with van der Waals surface area (Å²) in [5.41, 5.74) is 8.82. The minimum atomic E-state index is -1.73. The number of rotatable bonds is 11. The Morgan fingerprint density at radius 1 is 0.750 bits per heavy atom. The number of nitriles is 2. The van der Waals surface area contributed by atoms with Crippen LogP contribution in [0.4, 0.5) is 23.5 Å². The molecule has 0 aliphatic carbocycles. The van der Waals surface area contributed by atoms with Gasteiger partial charge in [-0.05, 0) is 45.0 Å². The number of hydrogen-bond acceptors (Lipinski definition) is 14. The molecule has 0 bridgehead atoms. The first kappa shape index (κ1) is 35.9. The molecule has 2 fully saturated rings. The number of ether oxygens (including phenoxy) is 3. The molecule has 1 amide bonds. The summed E-state index contributed by atoms with van der Waals surface area (Å²) in [5, 5.41) is 25.3. The number of nitrogens with two attached hydrogens (primary N) is 1. The summed E-state index contributed by atoms with van der Waals surface area (Å²) >= 11 is 0. The van der Waals surface area contributed by atoms with Gasteiger partial charge in [-0.2, -0.15) is 20.5 Å². The van der Waals surface area contributed by atoms with Gasteiger partial charge in [-0.25, -0.2) is 9.97 Å². The molecule has 52 heavy (non-hydrogen) atoms. The topological polar surface area (TPSA) is 200 Å².